The smallest absolute Gasteiger partial charge is 0.341 e. The Morgan fingerprint density at radius 2 is 2.20 bits per heavy atom. The van der Waals surface area contributed by atoms with Crippen LogP contribution in [0.15, 0.2) is 30.3 Å². The van der Waals surface area contributed by atoms with E-state index in [2.05, 4.69) is 0 Å². The van der Waals surface area contributed by atoms with Gasteiger partial charge in [0.15, 0.2) is 0 Å². The first-order valence-corrected chi connectivity index (χ1v) is 6.53. The predicted octanol–water partition coefficient (Wildman–Crippen LogP) is 1.41. The van der Waals surface area contributed by atoms with Gasteiger partial charge in [-0.25, -0.2) is 4.79 Å². The monoisotopic (exact) mass is 225 g/mol. The summed E-state index contributed by atoms with van der Waals surface area (Å²) in [5.74, 6) is 2.01. The zero-order chi connectivity index (χ0) is 10.5. The van der Waals surface area contributed by atoms with E-state index in [0.717, 1.165) is 18.3 Å². The SMILES string of the molecule is O=C(OC[S+]1CCOC1)c1ccccc1. The third-order valence-corrected chi connectivity index (χ3v) is 3.83. The summed E-state index contributed by atoms with van der Waals surface area (Å²) in [5.41, 5.74) is 0.612. The summed E-state index contributed by atoms with van der Waals surface area (Å²) in [6, 6.07) is 9.06. The molecule has 0 bridgehead atoms. The van der Waals surface area contributed by atoms with Crippen molar-refractivity contribution in [3.8, 4) is 0 Å². The van der Waals surface area contributed by atoms with E-state index in [9.17, 15) is 4.79 Å². The van der Waals surface area contributed by atoms with E-state index in [-0.39, 0.29) is 16.9 Å². The van der Waals surface area contributed by atoms with Crippen LogP contribution in [-0.2, 0) is 20.4 Å². The van der Waals surface area contributed by atoms with Crippen LogP contribution in [0.2, 0.25) is 0 Å². The van der Waals surface area contributed by atoms with Crippen molar-refractivity contribution >= 4 is 16.9 Å². The lowest BCUT2D eigenvalue weighted by Gasteiger charge is -2.02. The summed E-state index contributed by atoms with van der Waals surface area (Å²) in [5, 5.41) is 0. The minimum absolute atomic E-state index is 0.113. The standard InChI is InChI=1S/C11H13O3S/c12-11(10-4-2-1-3-5-10)14-9-15-7-6-13-8-15/h1-5H,6-9H2/q+1. The van der Waals surface area contributed by atoms with Crippen molar-refractivity contribution in [1.29, 1.82) is 0 Å². The van der Waals surface area contributed by atoms with E-state index in [4.69, 9.17) is 9.47 Å². The van der Waals surface area contributed by atoms with Gasteiger partial charge in [-0.1, -0.05) is 18.2 Å². The lowest BCUT2D eigenvalue weighted by molar-refractivity contribution is 0.0576. The van der Waals surface area contributed by atoms with Gasteiger partial charge in [0.05, 0.1) is 23.1 Å². The van der Waals surface area contributed by atoms with E-state index in [0.29, 0.717) is 11.5 Å². The second-order valence-corrected chi connectivity index (χ2v) is 5.36. The van der Waals surface area contributed by atoms with Crippen molar-refractivity contribution < 1.29 is 14.3 Å². The first-order valence-electron chi connectivity index (χ1n) is 4.80. The first kappa shape index (κ1) is 10.5. The van der Waals surface area contributed by atoms with Crippen molar-refractivity contribution in [2.75, 3.05) is 24.2 Å². The summed E-state index contributed by atoms with van der Waals surface area (Å²) < 4.78 is 10.4. The number of hydrogen-bond acceptors (Lipinski definition) is 3. The molecule has 0 N–H and O–H groups in total. The van der Waals surface area contributed by atoms with Gasteiger partial charge in [-0.15, -0.1) is 0 Å². The highest BCUT2D eigenvalue weighted by molar-refractivity contribution is 7.96. The summed E-state index contributed by atoms with van der Waals surface area (Å²) >= 11 is 0. The third kappa shape index (κ3) is 2.97. The molecule has 80 valence electrons. The van der Waals surface area contributed by atoms with Gasteiger partial charge in [0.1, 0.15) is 5.75 Å². The van der Waals surface area contributed by atoms with Crippen molar-refractivity contribution in [2.24, 2.45) is 0 Å². The Hall–Kier alpha value is -1.00. The number of ether oxygens (including phenoxy) is 2. The van der Waals surface area contributed by atoms with E-state index in [1.54, 1.807) is 12.1 Å². The van der Waals surface area contributed by atoms with Crippen molar-refractivity contribution in [3.63, 3.8) is 0 Å². The van der Waals surface area contributed by atoms with Crippen LogP contribution < -0.4 is 0 Å². The second kappa shape index (κ2) is 5.19. The van der Waals surface area contributed by atoms with Gasteiger partial charge < -0.3 is 9.47 Å². The fraction of sp³-hybridized carbons (Fsp3) is 0.364. The van der Waals surface area contributed by atoms with Crippen LogP contribution in [0.4, 0.5) is 0 Å². The number of hydrogen-bond donors (Lipinski definition) is 0. The van der Waals surface area contributed by atoms with Gasteiger partial charge >= 0.3 is 5.97 Å². The molecule has 1 saturated heterocycles. The molecule has 0 saturated carbocycles. The van der Waals surface area contributed by atoms with E-state index < -0.39 is 0 Å². The highest BCUT2D eigenvalue weighted by Crippen LogP contribution is 2.08. The van der Waals surface area contributed by atoms with E-state index in [1.807, 2.05) is 18.2 Å². The van der Waals surface area contributed by atoms with Gasteiger partial charge in [0.25, 0.3) is 5.94 Å². The zero-order valence-corrected chi connectivity index (χ0v) is 9.16. The number of rotatable bonds is 3. The Labute approximate surface area is 91.7 Å². The highest BCUT2D eigenvalue weighted by Gasteiger charge is 2.26. The fourth-order valence-corrected chi connectivity index (χ4v) is 2.58. The third-order valence-electron chi connectivity index (χ3n) is 2.13. The van der Waals surface area contributed by atoms with Crippen LogP contribution in [0.25, 0.3) is 0 Å². The normalized spacial score (nSPS) is 20.1. The number of carbonyl (C=O) groups excluding carboxylic acids is 1. The molecule has 15 heavy (non-hydrogen) atoms. The van der Waals surface area contributed by atoms with Crippen LogP contribution in [0, 0.1) is 0 Å². The molecule has 2 rings (SSSR count). The molecule has 0 amide bonds. The van der Waals surface area contributed by atoms with Gasteiger partial charge in [-0.3, -0.25) is 0 Å². The molecule has 1 aliphatic rings. The van der Waals surface area contributed by atoms with Crippen LogP contribution >= 0.6 is 0 Å². The highest BCUT2D eigenvalue weighted by atomic mass is 32.2. The molecular weight excluding hydrogens is 212 g/mol. The van der Waals surface area contributed by atoms with Gasteiger partial charge in [0.2, 0.25) is 5.94 Å². The zero-order valence-electron chi connectivity index (χ0n) is 8.35. The lowest BCUT2D eigenvalue weighted by Crippen LogP contribution is -2.16. The molecular formula is C11H13O3S+. The van der Waals surface area contributed by atoms with Gasteiger partial charge in [0, 0.05) is 0 Å². The molecule has 3 nitrogen and oxygen atoms in total. The summed E-state index contributed by atoms with van der Waals surface area (Å²) in [6.07, 6.45) is 0. The second-order valence-electron chi connectivity index (χ2n) is 3.26. The number of carbonyl (C=O) groups is 1. The largest absolute Gasteiger partial charge is 0.415 e. The molecule has 1 aliphatic heterocycles. The van der Waals surface area contributed by atoms with Crippen LogP contribution in [0.5, 0.6) is 0 Å². The summed E-state index contributed by atoms with van der Waals surface area (Å²) in [4.78, 5) is 11.5. The lowest BCUT2D eigenvalue weighted by atomic mass is 10.2. The molecule has 0 aromatic heterocycles. The minimum atomic E-state index is -0.241. The maximum atomic E-state index is 11.5. The maximum Gasteiger partial charge on any atom is 0.341 e. The van der Waals surface area contributed by atoms with Crippen LogP contribution in [-0.4, -0.2) is 30.2 Å². The van der Waals surface area contributed by atoms with Crippen LogP contribution in [0.3, 0.4) is 0 Å². The average molecular weight is 225 g/mol. The quantitative estimate of drug-likeness (QED) is 0.576. The Morgan fingerprint density at radius 1 is 1.40 bits per heavy atom. The Balaban J connectivity index is 1.82. The molecule has 1 aromatic carbocycles. The summed E-state index contributed by atoms with van der Waals surface area (Å²) in [6.45, 7) is 0.798. The maximum absolute atomic E-state index is 11.5. The minimum Gasteiger partial charge on any atom is -0.415 e. The van der Waals surface area contributed by atoms with Gasteiger partial charge in [-0.2, -0.15) is 0 Å². The average Bonchev–Trinajstić information content (AvgIpc) is 2.80. The van der Waals surface area contributed by atoms with Crippen molar-refractivity contribution in [2.45, 2.75) is 0 Å². The van der Waals surface area contributed by atoms with Crippen LogP contribution in [0.1, 0.15) is 10.4 Å². The molecule has 1 atom stereocenters. The Bertz CT molecular complexity index is 320. The number of esters is 1. The van der Waals surface area contributed by atoms with E-state index >= 15 is 0 Å². The van der Waals surface area contributed by atoms with Crippen molar-refractivity contribution in [3.05, 3.63) is 35.9 Å². The predicted molar refractivity (Wildman–Crippen MR) is 59.8 cm³/mol. The fourth-order valence-electron chi connectivity index (χ4n) is 1.30. The van der Waals surface area contributed by atoms with Crippen molar-refractivity contribution in [1.82, 2.24) is 0 Å². The molecule has 1 unspecified atom stereocenters. The molecule has 0 radical (unpaired) electrons. The molecule has 0 spiro atoms. The topological polar surface area (TPSA) is 35.5 Å². The molecule has 0 aliphatic carbocycles. The van der Waals surface area contributed by atoms with Gasteiger partial charge in [-0.05, 0) is 12.1 Å². The Kier molecular flexibility index (Phi) is 3.64. The number of benzene rings is 1. The molecule has 4 heteroatoms. The van der Waals surface area contributed by atoms with E-state index in [1.165, 1.54) is 0 Å². The first-order chi connectivity index (χ1) is 7.36. The molecule has 1 aromatic rings. The molecule has 1 fully saturated rings. The Morgan fingerprint density at radius 3 is 2.87 bits per heavy atom. The molecule has 1 heterocycles. The summed E-state index contributed by atoms with van der Waals surface area (Å²) in [7, 11) is 0.113.